The quantitative estimate of drug-likeness (QED) is 0.240. The molecule has 6 fully saturated rings. The van der Waals surface area contributed by atoms with Gasteiger partial charge in [0, 0.05) is 76.0 Å². The van der Waals surface area contributed by atoms with Crippen LogP contribution in [0.2, 0.25) is 0 Å². The predicted molar refractivity (Wildman–Crippen MR) is 156 cm³/mol. The molecule has 1 aromatic rings. The summed E-state index contributed by atoms with van der Waals surface area (Å²) in [5.74, 6) is -3.01. The molecule has 6 aliphatic rings. The third-order valence-corrected chi connectivity index (χ3v) is 13.1. The lowest BCUT2D eigenvalue weighted by Crippen LogP contribution is -2.81. The van der Waals surface area contributed by atoms with Crippen LogP contribution in [-0.2, 0) is 33.2 Å². The monoisotopic (exact) mass is 631 g/mol. The van der Waals surface area contributed by atoms with Gasteiger partial charge < -0.3 is 43.7 Å². The molecule has 1 saturated heterocycles. The second-order valence-corrected chi connectivity index (χ2v) is 14.0. The molecule has 12 heteroatoms. The highest BCUT2D eigenvalue weighted by Gasteiger charge is 2.92. The largest absolute Gasteiger partial charge is 0.457 e. The first-order chi connectivity index (χ1) is 21.6. The second-order valence-electron chi connectivity index (χ2n) is 14.0. The molecule has 1 spiro atoms. The summed E-state index contributed by atoms with van der Waals surface area (Å²) >= 11 is 0. The molecule has 7 rings (SSSR count). The van der Waals surface area contributed by atoms with Gasteiger partial charge in [0.15, 0.2) is 5.60 Å². The van der Waals surface area contributed by atoms with Crippen LogP contribution in [0.3, 0.4) is 0 Å². The number of aliphatic hydroxyl groups excluding tert-OH is 2. The summed E-state index contributed by atoms with van der Waals surface area (Å²) in [4.78, 5) is 28.6. The van der Waals surface area contributed by atoms with E-state index in [0.717, 1.165) is 0 Å². The minimum absolute atomic E-state index is 0.0800. The summed E-state index contributed by atoms with van der Waals surface area (Å²) in [6, 6.07) is 8.17. The van der Waals surface area contributed by atoms with Gasteiger partial charge in [-0.25, -0.2) is 4.79 Å². The van der Waals surface area contributed by atoms with Crippen LogP contribution >= 0.6 is 0 Å². The predicted octanol–water partition coefficient (Wildman–Crippen LogP) is 0.258. The van der Waals surface area contributed by atoms with Crippen LogP contribution in [0.25, 0.3) is 0 Å². The Bertz CT molecular complexity index is 1320. The van der Waals surface area contributed by atoms with Gasteiger partial charge in [-0.05, 0) is 31.0 Å². The highest BCUT2D eigenvalue weighted by atomic mass is 16.6. The van der Waals surface area contributed by atoms with Crippen molar-refractivity contribution in [3.05, 3.63) is 35.9 Å². The number of piperidine rings is 1. The van der Waals surface area contributed by atoms with Gasteiger partial charge in [-0.2, -0.15) is 0 Å². The third kappa shape index (κ3) is 3.50. The number of methoxy groups -OCH3 is 4. The molecule has 15 unspecified atom stereocenters. The maximum absolute atomic E-state index is 13.7. The van der Waals surface area contributed by atoms with E-state index in [-0.39, 0.29) is 25.0 Å². The molecule has 3 N–H and O–H groups in total. The summed E-state index contributed by atoms with van der Waals surface area (Å²) in [7, 11) is 6.25. The first-order valence-electron chi connectivity index (χ1n) is 15.9. The first kappa shape index (κ1) is 31.4. The van der Waals surface area contributed by atoms with Crippen molar-refractivity contribution in [3.8, 4) is 0 Å². The number of nitrogens with zero attached hydrogens (tertiary/aromatic N) is 1. The fourth-order valence-electron chi connectivity index (χ4n) is 12.2. The van der Waals surface area contributed by atoms with Crippen LogP contribution in [0.5, 0.6) is 0 Å². The summed E-state index contributed by atoms with van der Waals surface area (Å²) in [6.07, 6.45) is -5.46. The van der Waals surface area contributed by atoms with E-state index in [0.29, 0.717) is 31.5 Å². The van der Waals surface area contributed by atoms with Crippen molar-refractivity contribution in [2.75, 3.05) is 48.1 Å². The molecule has 248 valence electrons. The lowest BCUT2D eigenvalue weighted by Gasteiger charge is -2.70. The Morgan fingerprint density at radius 2 is 1.78 bits per heavy atom. The number of carbonyl (C=O) groups excluding carboxylic acids is 2. The molecule has 1 heterocycles. The Balaban J connectivity index is 1.52. The molecule has 5 aliphatic carbocycles. The third-order valence-electron chi connectivity index (χ3n) is 13.1. The van der Waals surface area contributed by atoms with E-state index in [9.17, 15) is 24.9 Å². The maximum Gasteiger partial charge on any atom is 0.338 e. The summed E-state index contributed by atoms with van der Waals surface area (Å²) < 4.78 is 37.0. The average Bonchev–Trinajstić information content (AvgIpc) is 3.41. The number of hydrogen-bond acceptors (Lipinski definition) is 12. The molecule has 45 heavy (non-hydrogen) atoms. The lowest BCUT2D eigenvalue weighted by molar-refractivity contribution is -0.320. The zero-order chi connectivity index (χ0) is 32.1. The second kappa shape index (κ2) is 10.7. The van der Waals surface area contributed by atoms with Gasteiger partial charge in [-0.15, -0.1) is 0 Å². The number of rotatable bonds is 10. The topological polar surface area (TPSA) is 153 Å². The SMILES string of the molecule is CCN1CC2(COC)C(O)CC(OC)C34C5CC6(O)C(OC)C(O)C(OC=O)(C5C6OC(=O)c5ccccc5)C(C(OC)C23)C14. The highest BCUT2D eigenvalue weighted by Crippen LogP contribution is 2.80. The molecule has 12 nitrogen and oxygen atoms in total. The molecule has 0 aromatic heterocycles. The minimum Gasteiger partial charge on any atom is -0.457 e. The molecular formula is C33H45NO11. The standard InChI is InChI=1S/C33H45NO11/c1-6-34-14-30(15-40-2)19(36)12-20(41-3)32-18-13-31(39)27(45-29(38)17-10-8-7-9-11-17)21(18)33(44-16-35,26(37)28(31)43-5)22(25(32)34)23(42-4)24(30)32/h7-11,16,18-28,36-37,39H,6,12-15H2,1-5H3. The number of hydrogen-bond donors (Lipinski definition) is 3. The van der Waals surface area contributed by atoms with Crippen molar-refractivity contribution in [1.82, 2.24) is 4.90 Å². The minimum atomic E-state index is -1.82. The van der Waals surface area contributed by atoms with Crippen molar-refractivity contribution >= 4 is 12.4 Å². The van der Waals surface area contributed by atoms with Gasteiger partial charge >= 0.3 is 5.97 Å². The number of fused-ring (bicyclic) bond motifs is 2. The summed E-state index contributed by atoms with van der Waals surface area (Å²) in [5.41, 5.74) is -4.76. The number of esters is 1. The van der Waals surface area contributed by atoms with Crippen LogP contribution in [-0.4, -0.2) is 135 Å². The van der Waals surface area contributed by atoms with E-state index in [4.69, 9.17) is 28.4 Å². The molecule has 0 amide bonds. The fraction of sp³-hybridized carbons (Fsp3) is 0.758. The van der Waals surface area contributed by atoms with E-state index >= 15 is 0 Å². The Morgan fingerprint density at radius 1 is 1.04 bits per heavy atom. The zero-order valence-corrected chi connectivity index (χ0v) is 26.4. The molecule has 1 aromatic carbocycles. The highest BCUT2D eigenvalue weighted by molar-refractivity contribution is 5.89. The molecule has 5 saturated carbocycles. The van der Waals surface area contributed by atoms with Crippen molar-refractivity contribution in [1.29, 1.82) is 0 Å². The number of ether oxygens (including phenoxy) is 6. The van der Waals surface area contributed by atoms with E-state index in [1.54, 1.807) is 51.7 Å². The number of aliphatic hydroxyl groups is 3. The average molecular weight is 632 g/mol. The van der Waals surface area contributed by atoms with Crippen LogP contribution in [0, 0.1) is 34.5 Å². The van der Waals surface area contributed by atoms with E-state index < -0.39 is 82.4 Å². The zero-order valence-electron chi connectivity index (χ0n) is 26.4. The lowest BCUT2D eigenvalue weighted by atomic mass is 9.42. The van der Waals surface area contributed by atoms with Crippen molar-refractivity contribution in [3.63, 3.8) is 0 Å². The van der Waals surface area contributed by atoms with E-state index in [1.165, 1.54) is 7.11 Å². The Kier molecular flexibility index (Phi) is 7.46. The van der Waals surface area contributed by atoms with Crippen molar-refractivity contribution < 1.29 is 53.3 Å². The smallest absolute Gasteiger partial charge is 0.338 e. The molecular weight excluding hydrogens is 586 g/mol. The van der Waals surface area contributed by atoms with E-state index in [1.807, 2.05) is 6.92 Å². The van der Waals surface area contributed by atoms with Gasteiger partial charge in [0.05, 0.1) is 30.5 Å². The van der Waals surface area contributed by atoms with Gasteiger partial charge in [0.25, 0.3) is 6.47 Å². The van der Waals surface area contributed by atoms with Gasteiger partial charge in [0.2, 0.25) is 0 Å². The van der Waals surface area contributed by atoms with Crippen LogP contribution < -0.4 is 0 Å². The number of benzene rings is 1. The van der Waals surface area contributed by atoms with Crippen LogP contribution in [0.15, 0.2) is 30.3 Å². The van der Waals surface area contributed by atoms with Crippen LogP contribution in [0.4, 0.5) is 0 Å². The maximum atomic E-state index is 13.7. The summed E-state index contributed by atoms with van der Waals surface area (Å²) in [5, 5.41) is 37.0. The normalized spacial score (nSPS) is 50.7. The Hall–Kier alpha value is -2.16. The van der Waals surface area contributed by atoms with Crippen molar-refractivity contribution in [2.24, 2.45) is 34.5 Å². The fourth-order valence-corrected chi connectivity index (χ4v) is 12.2. The van der Waals surface area contributed by atoms with Gasteiger partial charge in [-0.1, -0.05) is 25.1 Å². The van der Waals surface area contributed by atoms with Gasteiger partial charge in [0.1, 0.15) is 23.9 Å². The molecule has 1 aliphatic heterocycles. The Morgan fingerprint density at radius 3 is 2.38 bits per heavy atom. The van der Waals surface area contributed by atoms with Gasteiger partial charge in [-0.3, -0.25) is 9.69 Å². The molecule has 15 atom stereocenters. The summed E-state index contributed by atoms with van der Waals surface area (Å²) in [6.45, 7) is 3.72. The van der Waals surface area contributed by atoms with Crippen LogP contribution in [0.1, 0.15) is 30.1 Å². The molecule has 7 bridgehead atoms. The molecule has 0 radical (unpaired) electrons. The van der Waals surface area contributed by atoms with E-state index in [2.05, 4.69) is 4.90 Å². The Labute approximate surface area is 262 Å². The van der Waals surface area contributed by atoms with Crippen molar-refractivity contribution in [2.45, 2.75) is 73.6 Å². The number of likely N-dealkylation sites (tertiary alicyclic amines) is 1. The number of carbonyl (C=O) groups is 2. The first-order valence-corrected chi connectivity index (χ1v) is 15.9.